The molecule has 4 nitrogen and oxygen atoms in total. The van der Waals surface area contributed by atoms with Gasteiger partial charge in [-0.05, 0) is 38.0 Å². The Balaban J connectivity index is 0.00000361. The van der Waals surface area contributed by atoms with Gasteiger partial charge in [0.05, 0.1) is 0 Å². The molecule has 0 unspecified atom stereocenters. The van der Waals surface area contributed by atoms with Crippen LogP contribution < -0.4 is 11.1 Å². The molecule has 0 bridgehead atoms. The summed E-state index contributed by atoms with van der Waals surface area (Å²) in [5.74, 6) is 0.610. The Hall–Kier alpha value is -0.0400. The Morgan fingerprint density at radius 3 is 2.60 bits per heavy atom. The number of halogens is 1. The molecule has 0 aromatic heterocycles. The van der Waals surface area contributed by atoms with E-state index < -0.39 is 0 Å². The highest BCUT2D eigenvalue weighted by Gasteiger charge is 2.41. The van der Waals surface area contributed by atoms with Crippen molar-refractivity contribution in [2.24, 2.45) is 16.1 Å². The summed E-state index contributed by atoms with van der Waals surface area (Å²) in [5, 5.41) is 3.21. The first-order valence-corrected chi connectivity index (χ1v) is 7.84. The predicted molar refractivity (Wildman–Crippen MR) is 96.8 cm³/mol. The van der Waals surface area contributed by atoms with Gasteiger partial charge in [-0.3, -0.25) is 4.99 Å². The summed E-state index contributed by atoms with van der Waals surface area (Å²) in [4.78, 5) is 4.48. The smallest absolute Gasteiger partial charge is 0.188 e. The zero-order chi connectivity index (χ0) is 14.0. The number of guanidine groups is 1. The molecule has 5 heteroatoms. The van der Waals surface area contributed by atoms with Gasteiger partial charge in [-0.15, -0.1) is 24.0 Å². The van der Waals surface area contributed by atoms with Crippen molar-refractivity contribution in [3.05, 3.63) is 0 Å². The van der Waals surface area contributed by atoms with Crippen LogP contribution in [0.1, 0.15) is 58.8 Å². The molecule has 0 radical (unpaired) electrons. The average Bonchev–Trinajstić information content (AvgIpc) is 3.17. The third kappa shape index (κ3) is 9.00. The fraction of sp³-hybridized carbons (Fsp3) is 0.933. The first kappa shape index (κ1) is 20.0. The van der Waals surface area contributed by atoms with E-state index in [0.717, 1.165) is 32.7 Å². The van der Waals surface area contributed by atoms with Gasteiger partial charge >= 0.3 is 0 Å². The lowest BCUT2D eigenvalue weighted by atomic mass is 10.0. The van der Waals surface area contributed by atoms with Crippen LogP contribution in [-0.4, -0.2) is 32.3 Å². The topological polar surface area (TPSA) is 59.6 Å². The van der Waals surface area contributed by atoms with Crippen molar-refractivity contribution in [2.45, 2.75) is 58.8 Å². The molecule has 0 aliphatic heterocycles. The Kier molecular flexibility index (Phi) is 11.6. The number of nitrogens with one attached hydrogen (secondary N) is 1. The molecule has 1 aliphatic rings. The molecule has 0 aromatic rings. The minimum atomic E-state index is 0. The Morgan fingerprint density at radius 1 is 1.25 bits per heavy atom. The lowest BCUT2D eigenvalue weighted by Crippen LogP contribution is -2.33. The summed E-state index contributed by atoms with van der Waals surface area (Å²) >= 11 is 0. The van der Waals surface area contributed by atoms with E-state index >= 15 is 0 Å². The number of aliphatic imine (C=N–C) groups is 1. The predicted octanol–water partition coefficient (Wildman–Crippen LogP) is 3.30. The van der Waals surface area contributed by atoms with E-state index in [2.05, 4.69) is 17.2 Å². The molecule has 1 aliphatic carbocycles. The fourth-order valence-corrected chi connectivity index (χ4v) is 2.17. The second-order valence-corrected chi connectivity index (χ2v) is 5.64. The number of nitrogens with two attached hydrogens (primary N) is 1. The molecule has 1 rings (SSSR count). The monoisotopic (exact) mass is 397 g/mol. The number of hydrogen-bond donors (Lipinski definition) is 2. The van der Waals surface area contributed by atoms with Gasteiger partial charge in [-0.25, -0.2) is 0 Å². The van der Waals surface area contributed by atoms with E-state index in [1.54, 1.807) is 0 Å². The van der Waals surface area contributed by atoms with E-state index in [-0.39, 0.29) is 24.0 Å². The molecule has 1 fully saturated rings. The number of ether oxygens (including phenoxy) is 1. The minimum Gasteiger partial charge on any atom is -0.382 e. The Bertz CT molecular complexity index is 268. The lowest BCUT2D eigenvalue weighted by Gasteiger charge is -2.13. The largest absolute Gasteiger partial charge is 0.382 e. The SMILES string of the molecule is CCCCCCNC(N)=NCC1(CCOCC)CC1.I. The third-order valence-corrected chi connectivity index (χ3v) is 3.86. The summed E-state index contributed by atoms with van der Waals surface area (Å²) in [7, 11) is 0. The van der Waals surface area contributed by atoms with Gasteiger partial charge in [0.25, 0.3) is 0 Å². The maximum absolute atomic E-state index is 5.89. The van der Waals surface area contributed by atoms with Crippen LogP contribution in [0.5, 0.6) is 0 Å². The van der Waals surface area contributed by atoms with Crippen molar-refractivity contribution in [2.75, 3.05) is 26.3 Å². The Morgan fingerprint density at radius 2 is 2.00 bits per heavy atom. The van der Waals surface area contributed by atoms with Gasteiger partial charge < -0.3 is 15.8 Å². The van der Waals surface area contributed by atoms with Crippen LogP contribution in [-0.2, 0) is 4.74 Å². The van der Waals surface area contributed by atoms with Gasteiger partial charge in [0.1, 0.15) is 0 Å². The van der Waals surface area contributed by atoms with Crippen molar-refractivity contribution in [1.29, 1.82) is 0 Å². The van der Waals surface area contributed by atoms with Crippen molar-refractivity contribution in [1.82, 2.24) is 5.32 Å². The van der Waals surface area contributed by atoms with E-state index in [4.69, 9.17) is 10.5 Å². The standard InChI is InChI=1S/C15H31N3O.HI/c1-3-5-6-7-11-17-14(16)18-13-15(8-9-15)10-12-19-4-2;/h3-13H2,1-2H3,(H3,16,17,18);1H. The number of rotatable bonds is 11. The zero-order valence-corrected chi connectivity index (χ0v) is 15.4. The molecular weight excluding hydrogens is 365 g/mol. The van der Waals surface area contributed by atoms with Crippen LogP contribution in [0.3, 0.4) is 0 Å². The summed E-state index contributed by atoms with van der Waals surface area (Å²) in [6, 6.07) is 0. The number of nitrogens with zero attached hydrogens (tertiary/aromatic N) is 1. The third-order valence-electron chi connectivity index (χ3n) is 3.86. The molecule has 20 heavy (non-hydrogen) atoms. The highest BCUT2D eigenvalue weighted by molar-refractivity contribution is 14.0. The van der Waals surface area contributed by atoms with E-state index in [0.29, 0.717) is 11.4 Å². The number of unbranched alkanes of at least 4 members (excludes halogenated alkanes) is 3. The fourth-order valence-electron chi connectivity index (χ4n) is 2.17. The maximum Gasteiger partial charge on any atom is 0.188 e. The minimum absolute atomic E-state index is 0. The second kappa shape index (κ2) is 11.6. The first-order valence-electron chi connectivity index (χ1n) is 7.84. The zero-order valence-electron chi connectivity index (χ0n) is 13.1. The first-order chi connectivity index (χ1) is 9.22. The van der Waals surface area contributed by atoms with Gasteiger partial charge in [0.2, 0.25) is 0 Å². The van der Waals surface area contributed by atoms with E-state index in [1.807, 2.05) is 6.92 Å². The van der Waals surface area contributed by atoms with Crippen LogP contribution in [0.25, 0.3) is 0 Å². The van der Waals surface area contributed by atoms with Gasteiger partial charge in [0.15, 0.2) is 5.96 Å². The van der Waals surface area contributed by atoms with E-state index in [1.165, 1.54) is 38.5 Å². The summed E-state index contributed by atoms with van der Waals surface area (Å²) < 4.78 is 5.42. The highest BCUT2D eigenvalue weighted by Crippen LogP contribution is 2.48. The summed E-state index contributed by atoms with van der Waals surface area (Å²) in [5.41, 5.74) is 6.28. The van der Waals surface area contributed by atoms with Gasteiger partial charge in [0, 0.05) is 26.3 Å². The molecule has 0 heterocycles. The van der Waals surface area contributed by atoms with Crippen LogP contribution in [0.2, 0.25) is 0 Å². The maximum atomic E-state index is 5.89. The molecule has 0 aromatic carbocycles. The van der Waals surface area contributed by atoms with Crippen molar-refractivity contribution in [3.63, 3.8) is 0 Å². The normalized spacial score (nSPS) is 16.6. The molecule has 0 spiro atoms. The van der Waals surface area contributed by atoms with Gasteiger partial charge in [-0.2, -0.15) is 0 Å². The van der Waals surface area contributed by atoms with Crippen molar-refractivity contribution in [3.8, 4) is 0 Å². The molecule has 0 amide bonds. The molecule has 1 saturated carbocycles. The van der Waals surface area contributed by atoms with Crippen molar-refractivity contribution < 1.29 is 4.74 Å². The highest BCUT2D eigenvalue weighted by atomic mass is 127. The van der Waals surface area contributed by atoms with Crippen LogP contribution in [0.4, 0.5) is 0 Å². The lowest BCUT2D eigenvalue weighted by molar-refractivity contribution is 0.129. The van der Waals surface area contributed by atoms with E-state index in [9.17, 15) is 0 Å². The van der Waals surface area contributed by atoms with Gasteiger partial charge in [-0.1, -0.05) is 26.2 Å². The second-order valence-electron chi connectivity index (χ2n) is 5.64. The molecule has 120 valence electrons. The van der Waals surface area contributed by atoms with Crippen LogP contribution >= 0.6 is 24.0 Å². The van der Waals surface area contributed by atoms with Crippen LogP contribution in [0.15, 0.2) is 4.99 Å². The summed E-state index contributed by atoms with van der Waals surface area (Å²) in [6.45, 7) is 7.73. The van der Waals surface area contributed by atoms with Crippen molar-refractivity contribution >= 4 is 29.9 Å². The molecule has 0 saturated heterocycles. The molecule has 3 N–H and O–H groups in total. The molecular formula is C15H32IN3O. The number of hydrogen-bond acceptors (Lipinski definition) is 2. The van der Waals surface area contributed by atoms with Crippen LogP contribution in [0, 0.1) is 5.41 Å². The summed E-state index contributed by atoms with van der Waals surface area (Å²) in [6.07, 6.45) is 8.69. The molecule has 0 atom stereocenters. The Labute approximate surface area is 141 Å². The average molecular weight is 397 g/mol. The quantitative estimate of drug-likeness (QED) is 0.243.